The molecule has 1 fully saturated rings. The Morgan fingerprint density at radius 3 is 2.69 bits per heavy atom. The molecule has 2 aliphatic heterocycles. The monoisotopic (exact) mass is 348 g/mol. The van der Waals surface area contributed by atoms with E-state index in [1.165, 1.54) is 34.5 Å². The largest absolute Gasteiger partial charge is 0.371 e. The van der Waals surface area contributed by atoms with Crippen LogP contribution in [0.4, 0.5) is 5.69 Å². The van der Waals surface area contributed by atoms with Crippen LogP contribution in [0.2, 0.25) is 0 Å². The molecule has 1 aliphatic carbocycles. The molecule has 2 aromatic rings. The lowest BCUT2D eigenvalue weighted by Crippen LogP contribution is -2.48. The Morgan fingerprint density at radius 1 is 1.12 bits per heavy atom. The molecule has 2 aromatic heterocycles. The van der Waals surface area contributed by atoms with Crippen molar-refractivity contribution in [2.45, 2.75) is 45.7 Å². The lowest BCUT2D eigenvalue weighted by Gasteiger charge is -2.41. The first kappa shape index (κ1) is 15.8. The van der Waals surface area contributed by atoms with Crippen LogP contribution >= 0.6 is 0 Å². The van der Waals surface area contributed by atoms with Crippen molar-refractivity contribution in [3.05, 3.63) is 52.6 Å². The first-order valence-electron chi connectivity index (χ1n) is 9.62. The highest BCUT2D eigenvalue weighted by Crippen LogP contribution is 2.35. The Bertz CT molecular complexity index is 858. The van der Waals surface area contributed by atoms with Gasteiger partial charge in [0.05, 0.1) is 0 Å². The van der Waals surface area contributed by atoms with E-state index in [0.29, 0.717) is 18.2 Å². The van der Waals surface area contributed by atoms with Crippen molar-refractivity contribution >= 4 is 11.6 Å². The minimum atomic E-state index is 0.298. The van der Waals surface area contributed by atoms with E-state index in [1.807, 2.05) is 29.4 Å². The number of hydrogen-bond acceptors (Lipinski definition) is 4. The normalized spacial score (nSPS) is 18.7. The lowest BCUT2D eigenvalue weighted by atomic mass is 9.95. The molecule has 0 N–H and O–H groups in total. The summed E-state index contributed by atoms with van der Waals surface area (Å²) in [4.78, 5) is 26.1. The third-order valence-corrected chi connectivity index (χ3v) is 6.16. The summed E-state index contributed by atoms with van der Waals surface area (Å²) >= 11 is 0. The van der Waals surface area contributed by atoms with Gasteiger partial charge in [-0.1, -0.05) is 0 Å². The second-order valence-electron chi connectivity index (χ2n) is 7.86. The van der Waals surface area contributed by atoms with Gasteiger partial charge in [0.2, 0.25) is 5.91 Å². The summed E-state index contributed by atoms with van der Waals surface area (Å²) in [5, 5.41) is 0. The van der Waals surface area contributed by atoms with Gasteiger partial charge in [-0.05, 0) is 55.0 Å². The molecular formula is C21H24N4O. The van der Waals surface area contributed by atoms with E-state index < -0.39 is 0 Å². The fourth-order valence-corrected chi connectivity index (χ4v) is 4.70. The summed E-state index contributed by atoms with van der Waals surface area (Å²) in [5.41, 5.74) is 7.77. The molecule has 5 nitrogen and oxygen atoms in total. The molecule has 4 heterocycles. The molecule has 26 heavy (non-hydrogen) atoms. The molecule has 0 saturated carbocycles. The molecule has 0 spiro atoms. The van der Waals surface area contributed by atoms with Gasteiger partial charge in [0.1, 0.15) is 0 Å². The molecule has 0 atom stereocenters. The Labute approximate surface area is 154 Å². The quantitative estimate of drug-likeness (QED) is 0.856. The Kier molecular flexibility index (Phi) is 3.69. The van der Waals surface area contributed by atoms with E-state index in [-0.39, 0.29) is 0 Å². The van der Waals surface area contributed by atoms with Crippen molar-refractivity contribution in [2.75, 3.05) is 18.0 Å². The standard InChI is InChI=1S/C21H24N4O/c1-14-18-12-25(13-19(18)17-3-2-4-20(17)23-14)21(26)9-15-10-24(11-15)16-5-7-22-8-6-16/h5-8,15H,2-4,9-13H2,1H3. The van der Waals surface area contributed by atoms with E-state index >= 15 is 0 Å². The number of fused-ring (bicyclic) bond motifs is 3. The number of rotatable bonds is 3. The van der Waals surface area contributed by atoms with Crippen LogP contribution in [0, 0.1) is 12.8 Å². The van der Waals surface area contributed by atoms with Crippen LogP contribution < -0.4 is 4.90 Å². The van der Waals surface area contributed by atoms with Crippen molar-refractivity contribution in [2.24, 2.45) is 5.92 Å². The van der Waals surface area contributed by atoms with E-state index in [0.717, 1.165) is 44.7 Å². The number of aromatic nitrogens is 2. The van der Waals surface area contributed by atoms with Gasteiger partial charge in [-0.15, -0.1) is 0 Å². The Balaban J connectivity index is 1.22. The molecule has 1 saturated heterocycles. The summed E-state index contributed by atoms with van der Waals surface area (Å²) in [6.45, 7) is 5.57. The van der Waals surface area contributed by atoms with Crippen LogP contribution in [0.15, 0.2) is 24.5 Å². The van der Waals surface area contributed by atoms with Gasteiger partial charge in [0.25, 0.3) is 0 Å². The third kappa shape index (κ3) is 2.57. The zero-order valence-electron chi connectivity index (χ0n) is 15.2. The van der Waals surface area contributed by atoms with Crippen LogP contribution in [-0.4, -0.2) is 33.9 Å². The maximum absolute atomic E-state index is 12.8. The summed E-state index contributed by atoms with van der Waals surface area (Å²) in [6, 6.07) is 4.07. The highest BCUT2D eigenvalue weighted by atomic mass is 16.2. The lowest BCUT2D eigenvalue weighted by molar-refractivity contribution is -0.133. The molecule has 5 rings (SSSR count). The predicted molar refractivity (Wildman–Crippen MR) is 99.8 cm³/mol. The Hall–Kier alpha value is -2.43. The Morgan fingerprint density at radius 2 is 1.88 bits per heavy atom. The number of pyridine rings is 2. The average molecular weight is 348 g/mol. The van der Waals surface area contributed by atoms with Crippen molar-refractivity contribution < 1.29 is 4.79 Å². The summed E-state index contributed by atoms with van der Waals surface area (Å²) in [6.07, 6.45) is 7.75. The minimum Gasteiger partial charge on any atom is -0.371 e. The predicted octanol–water partition coefficient (Wildman–Crippen LogP) is 2.64. The third-order valence-electron chi connectivity index (χ3n) is 6.16. The first-order valence-corrected chi connectivity index (χ1v) is 9.62. The molecule has 134 valence electrons. The SMILES string of the molecule is Cc1nc2c(c3c1CN(C(=O)CC1CN(c4ccncc4)C1)C3)CCC2. The number of aryl methyl sites for hydroxylation is 2. The van der Waals surface area contributed by atoms with Gasteiger partial charge in [-0.3, -0.25) is 14.8 Å². The molecular weight excluding hydrogens is 324 g/mol. The molecule has 0 aromatic carbocycles. The number of carbonyl (C=O) groups excluding carboxylic acids is 1. The van der Waals surface area contributed by atoms with Gasteiger partial charge in [0, 0.05) is 68.0 Å². The van der Waals surface area contributed by atoms with Gasteiger partial charge in [-0.2, -0.15) is 0 Å². The van der Waals surface area contributed by atoms with Gasteiger partial charge in [-0.25, -0.2) is 0 Å². The van der Waals surface area contributed by atoms with Crippen LogP contribution in [0.3, 0.4) is 0 Å². The number of amides is 1. The highest BCUT2D eigenvalue weighted by molar-refractivity contribution is 5.78. The van der Waals surface area contributed by atoms with E-state index in [4.69, 9.17) is 4.98 Å². The van der Waals surface area contributed by atoms with Crippen LogP contribution in [0.1, 0.15) is 40.9 Å². The molecule has 0 bridgehead atoms. The maximum atomic E-state index is 12.8. The molecule has 0 unspecified atom stereocenters. The van der Waals surface area contributed by atoms with E-state index in [2.05, 4.69) is 16.8 Å². The summed E-state index contributed by atoms with van der Waals surface area (Å²) in [7, 11) is 0. The zero-order valence-corrected chi connectivity index (χ0v) is 15.2. The number of carbonyl (C=O) groups is 1. The van der Waals surface area contributed by atoms with Crippen molar-refractivity contribution in [1.29, 1.82) is 0 Å². The van der Waals surface area contributed by atoms with Crippen LogP contribution in [-0.2, 0) is 30.7 Å². The van der Waals surface area contributed by atoms with Crippen LogP contribution in [0.5, 0.6) is 0 Å². The first-order chi connectivity index (χ1) is 12.7. The van der Waals surface area contributed by atoms with E-state index in [1.54, 1.807) is 0 Å². The second-order valence-corrected chi connectivity index (χ2v) is 7.86. The molecule has 3 aliphatic rings. The minimum absolute atomic E-state index is 0.298. The summed E-state index contributed by atoms with van der Waals surface area (Å²) in [5.74, 6) is 0.760. The van der Waals surface area contributed by atoms with Crippen molar-refractivity contribution in [3.63, 3.8) is 0 Å². The molecule has 1 amide bonds. The van der Waals surface area contributed by atoms with Gasteiger partial charge >= 0.3 is 0 Å². The fraction of sp³-hybridized carbons (Fsp3) is 0.476. The summed E-state index contributed by atoms with van der Waals surface area (Å²) < 4.78 is 0. The number of nitrogens with zero attached hydrogens (tertiary/aromatic N) is 4. The zero-order chi connectivity index (χ0) is 17.7. The fourth-order valence-electron chi connectivity index (χ4n) is 4.70. The van der Waals surface area contributed by atoms with Crippen molar-refractivity contribution in [1.82, 2.24) is 14.9 Å². The molecule has 0 radical (unpaired) electrons. The van der Waals surface area contributed by atoms with E-state index in [9.17, 15) is 4.79 Å². The van der Waals surface area contributed by atoms with Crippen molar-refractivity contribution in [3.8, 4) is 0 Å². The van der Waals surface area contributed by atoms with Crippen LogP contribution in [0.25, 0.3) is 0 Å². The topological polar surface area (TPSA) is 49.3 Å². The highest BCUT2D eigenvalue weighted by Gasteiger charge is 2.34. The maximum Gasteiger partial charge on any atom is 0.223 e. The average Bonchev–Trinajstić information content (AvgIpc) is 3.25. The molecule has 5 heteroatoms. The smallest absolute Gasteiger partial charge is 0.223 e. The second kappa shape index (κ2) is 6.08. The number of hydrogen-bond donors (Lipinski definition) is 0. The van der Waals surface area contributed by atoms with Gasteiger partial charge < -0.3 is 9.80 Å². The number of anilines is 1. The van der Waals surface area contributed by atoms with Gasteiger partial charge in [0.15, 0.2) is 0 Å².